The molecule has 732 valence electrons. The standard InChI is InChI=1S/C6H5N3.C4H5N.C4H4O.C4H4S.2C3H3N3.2C3H4N2.2C3H3NO.2C3H3NS.C2H2N4.2C2H3N3.3C2H2N2O.4C2H2N2S.CH2N4.2CHN3O.2CHN3S/c1-2-4-6-5(3-1)7-9-8-6;3*1-2-4-5-3-1;1-2-5-6-3-4-1;1-2-4-6-5-3-1;1-2-5-3-4-1;1-2-4-5-3-1;1-2-5-3-4-1;1-2-4-5-3-1;1-2-5-3-4-1;1-2-4-5-3-1;1-3-5-2-6-4-1;1-3-2-5-4-1;1-2-4-5-3-1;1-3-4-2-5-1;1-3-2-5-4-1;1-2-4-5-3-1;1-3-4-2-5-1;1-3-2-5-4-1;1-2-5-4-3-1;2*1-2-4-5-3-1;1-2-3-4-5-1;1-2-4-5-3-1;1-2-3-4-5-1;1-2-4-5-3-1/h1-4H,(H,7,8,9);1-5H;2*1-4H;2*1-3H;2*1-3H,(H,4,5);4*1-3H;1-2H;2*1-2H,(H,3,4,5);7*1-2H;1H,(H,2,3,4,5);4*1H. The Morgan fingerprint density at radius 2 is 1.06 bits per heavy atom. The lowest BCUT2D eigenvalue weighted by Crippen LogP contribution is -1.81. The Balaban J connectivity index is 0.000000499. The number of H-pyrrole nitrogens is 7. The molecular weight excluding hydrogens is 2030 g/mol. The van der Waals surface area contributed by atoms with Crippen LogP contribution in [0.15, 0.2) is 432 Å². The number of oxazole rings is 1. The topological polar surface area (TPSA) is 873 Å². The number of furan rings is 1. The zero-order chi connectivity index (χ0) is 100. The summed E-state index contributed by atoms with van der Waals surface area (Å²) < 4.78 is 62.7. The van der Waals surface area contributed by atoms with E-state index < -0.39 is 0 Å². The number of aromatic amines is 7. The lowest BCUT2D eigenvalue weighted by atomic mass is 10.3. The average molecular weight is 2110 g/mol. The lowest BCUT2D eigenvalue weighted by Gasteiger charge is -1.78. The summed E-state index contributed by atoms with van der Waals surface area (Å²) in [4.78, 5) is 30.8. The molecule has 0 aliphatic rings. The number of hydrogen-bond acceptors (Lipinski definition) is 68. The minimum atomic E-state index is 0.914. The lowest BCUT2D eigenvalue weighted by molar-refractivity contribution is 0.292. The van der Waals surface area contributed by atoms with E-state index in [1.165, 1.54) is 189 Å². The van der Waals surface area contributed by atoms with Crippen LogP contribution < -0.4 is 0 Å². The normalized spacial score (nSPS) is 8.14. The number of tetrazole rings is 1. The van der Waals surface area contributed by atoms with Gasteiger partial charge in [-0.25, -0.2) is 43.5 Å². The van der Waals surface area contributed by atoms with Gasteiger partial charge in [0.05, 0.1) is 133 Å². The molecule has 0 radical (unpaired) electrons. The third kappa shape index (κ3) is 101. The first kappa shape index (κ1) is 118. The van der Waals surface area contributed by atoms with E-state index >= 15 is 0 Å². The molecule has 28 rings (SSSR count). The zero-order valence-electron chi connectivity index (χ0n) is 71.8. The number of fused-ring (bicyclic) bond motifs is 1. The maximum absolute atomic E-state index is 4.58. The molecule has 0 saturated heterocycles. The molecule has 0 bridgehead atoms. The van der Waals surface area contributed by atoms with E-state index in [4.69, 9.17) is 0 Å². The number of thiazole rings is 1. The van der Waals surface area contributed by atoms with Gasteiger partial charge in [-0.1, -0.05) is 73.8 Å². The summed E-state index contributed by atoms with van der Waals surface area (Å²) in [7, 11) is 0. The highest BCUT2D eigenvalue weighted by Gasteiger charge is 1.91. The molecule has 0 amide bonds. The van der Waals surface area contributed by atoms with Crippen molar-refractivity contribution >= 4 is 115 Å². The van der Waals surface area contributed by atoms with Crippen LogP contribution in [0.4, 0.5) is 0 Å². The summed E-state index contributed by atoms with van der Waals surface area (Å²) in [5.41, 5.74) is 10.2. The maximum atomic E-state index is 4.58. The van der Waals surface area contributed by atoms with Crippen molar-refractivity contribution in [2.24, 2.45) is 0 Å². The largest absolute Gasteiger partial charge is 0.473 e. The Morgan fingerprint density at radius 1 is 0.254 bits per heavy atom. The van der Waals surface area contributed by atoms with E-state index in [9.17, 15) is 0 Å². The van der Waals surface area contributed by atoms with E-state index in [-0.39, 0.29) is 0 Å². The minimum absolute atomic E-state index is 0.914. The third-order valence-electron chi connectivity index (χ3n) is 9.75. The Hall–Kier alpha value is -19.9. The monoisotopic (exact) mass is 2100 g/mol. The second kappa shape index (κ2) is 110. The molecule has 0 unspecified atom stereocenters. The quantitative estimate of drug-likeness (QED) is 0.0748. The zero-order valence-corrected chi connectivity index (χ0v) is 79.1. The Morgan fingerprint density at radius 3 is 1.28 bits per heavy atom. The molecule has 27 heterocycles. The number of rotatable bonds is 0. The van der Waals surface area contributed by atoms with E-state index in [0.29, 0.717) is 0 Å². The van der Waals surface area contributed by atoms with Gasteiger partial charge in [0.2, 0.25) is 25.6 Å². The van der Waals surface area contributed by atoms with Gasteiger partial charge in [-0.2, -0.15) is 80.2 Å². The molecule has 7 N–H and O–H groups in total. The second-order valence-corrected chi connectivity index (χ2v) is 24.7. The molecule has 0 aliphatic heterocycles. The van der Waals surface area contributed by atoms with Crippen LogP contribution in [0.5, 0.6) is 0 Å². The third-order valence-corrected chi connectivity index (χ3v) is 13.9. The molecular formula is C67H72N58O8S9. The summed E-state index contributed by atoms with van der Waals surface area (Å²) in [6.07, 6.45) is 62.7. The molecule has 0 spiro atoms. The molecule has 1 aromatic carbocycles. The Labute approximate surface area is 832 Å². The molecule has 0 atom stereocenters. The Kier molecular flexibility index (Phi) is 91.4. The van der Waals surface area contributed by atoms with Crippen LogP contribution >= 0.6 is 104 Å². The van der Waals surface area contributed by atoms with Gasteiger partial charge in [0.25, 0.3) is 0 Å². The van der Waals surface area contributed by atoms with Crippen LogP contribution in [0.2, 0.25) is 0 Å². The van der Waals surface area contributed by atoms with Crippen molar-refractivity contribution in [1.82, 2.24) is 291 Å². The Bertz CT molecular complexity index is 4170. The fourth-order valence-electron chi connectivity index (χ4n) is 5.06. The molecule has 27 aromatic heterocycles. The van der Waals surface area contributed by atoms with Gasteiger partial charge >= 0.3 is 0 Å². The number of benzene rings is 1. The average Bonchev–Trinajstić information content (AvgIpc) is 1.74. The molecule has 0 fully saturated rings. The number of hydrogen-bond donors (Lipinski definition) is 7. The van der Waals surface area contributed by atoms with Gasteiger partial charge in [-0.15, -0.1) is 104 Å². The number of nitrogens with one attached hydrogen (secondary N) is 7. The second-order valence-electron chi connectivity index (χ2n) is 18.8. The van der Waals surface area contributed by atoms with E-state index in [1.807, 2.05) is 112 Å². The maximum Gasteiger partial charge on any atom is 0.235 e. The summed E-state index contributed by atoms with van der Waals surface area (Å²) >= 11 is 12.5. The number of thiophene rings is 1. The number of imidazole rings is 1. The predicted molar refractivity (Wildman–Crippen MR) is 498 cm³/mol. The molecule has 28 aromatic rings. The van der Waals surface area contributed by atoms with Gasteiger partial charge in [-0.3, -0.25) is 15.2 Å². The number of nitrogens with zero attached hydrogens (tertiary/aromatic N) is 51. The highest BCUT2D eigenvalue weighted by atomic mass is 32.1. The molecule has 142 heavy (non-hydrogen) atoms. The first-order chi connectivity index (χ1) is 71.0. The first-order valence-electron chi connectivity index (χ1n) is 36.5. The van der Waals surface area contributed by atoms with Crippen molar-refractivity contribution in [3.8, 4) is 0 Å². The fraction of sp³-hybridized carbons (Fsp3) is 0. The number of para-hydroxylation sites is 2. The molecule has 0 aliphatic carbocycles. The fourth-order valence-corrected chi connectivity index (χ4v) is 7.73. The highest BCUT2D eigenvalue weighted by molar-refractivity contribution is 7.08. The number of aromatic nitrogens is 58. The van der Waals surface area contributed by atoms with Crippen LogP contribution in [0.3, 0.4) is 0 Å². The van der Waals surface area contributed by atoms with Crippen molar-refractivity contribution in [2.45, 2.75) is 0 Å². The summed E-state index contributed by atoms with van der Waals surface area (Å²) in [5, 5.41) is 143. The van der Waals surface area contributed by atoms with Crippen LogP contribution in [0, 0.1) is 0 Å². The van der Waals surface area contributed by atoms with E-state index in [2.05, 4.69) is 327 Å². The van der Waals surface area contributed by atoms with Crippen LogP contribution in [-0.2, 0) is 0 Å². The van der Waals surface area contributed by atoms with Gasteiger partial charge < -0.3 is 36.8 Å². The van der Waals surface area contributed by atoms with Crippen LogP contribution in [0.1, 0.15) is 0 Å². The van der Waals surface area contributed by atoms with Gasteiger partial charge in [-0.05, 0) is 127 Å². The highest BCUT2D eigenvalue weighted by Crippen LogP contribution is 2.04. The van der Waals surface area contributed by atoms with E-state index in [0.717, 1.165) is 29.2 Å². The van der Waals surface area contributed by atoms with E-state index in [1.54, 1.807) is 180 Å². The molecule has 0 saturated carbocycles. The predicted octanol–water partition coefficient (Wildman–Crippen LogP) is 8.43. The van der Waals surface area contributed by atoms with Crippen LogP contribution in [0.25, 0.3) is 11.0 Å². The SMILES string of the molecule is c1c[nH]cn1.c1cc[nH]c1.c1ccc2n[nH]nc2c1.c1ccoc1.c1ccsc1.c1cn[nH]c1.c1cn[nH]n1.c1cnncn1.c1cnnnc1.c1cnoc1.c1cnon1.c1cnsc1.c1cnsn1.c1cocn1.c1cscn1.c1csnn1.c1nc[nH]n1.c1ncon1.c1ncsn1.c1nn[nH]n1.c1nncnn1.c1nnco1.c1nncs1.c1nnno1.c1nnns1.c1nnon1.c1nnsn1. The summed E-state index contributed by atoms with van der Waals surface area (Å²) in [5.74, 6) is 0. The van der Waals surface area contributed by atoms with Crippen molar-refractivity contribution in [2.75, 3.05) is 0 Å². The smallest absolute Gasteiger partial charge is 0.235 e. The summed E-state index contributed by atoms with van der Waals surface area (Å²) in [6.45, 7) is 0. The summed E-state index contributed by atoms with van der Waals surface area (Å²) in [6, 6.07) is 26.5. The van der Waals surface area contributed by atoms with Gasteiger partial charge in [0.1, 0.15) is 70.9 Å². The van der Waals surface area contributed by atoms with Gasteiger partial charge in [0, 0.05) is 83.4 Å². The molecule has 66 nitrogen and oxygen atoms in total. The van der Waals surface area contributed by atoms with Crippen molar-refractivity contribution in [1.29, 1.82) is 0 Å². The van der Waals surface area contributed by atoms with Gasteiger partial charge in [0.15, 0.2) is 44.4 Å². The van der Waals surface area contributed by atoms with Crippen molar-refractivity contribution < 1.29 is 36.1 Å². The van der Waals surface area contributed by atoms with Crippen LogP contribution in [-0.4, -0.2) is 291 Å². The first-order valence-corrected chi connectivity index (χ1v) is 44.1. The van der Waals surface area contributed by atoms with Crippen molar-refractivity contribution in [3.63, 3.8) is 0 Å². The van der Waals surface area contributed by atoms with Crippen molar-refractivity contribution in [3.05, 3.63) is 396 Å². The minimum Gasteiger partial charge on any atom is -0.473 e. The molecule has 75 heteroatoms.